The minimum Gasteiger partial charge on any atom is -0.380 e. The van der Waals surface area contributed by atoms with Gasteiger partial charge in [0.05, 0.1) is 5.56 Å². The van der Waals surface area contributed by atoms with Gasteiger partial charge in [-0.1, -0.05) is 63.6 Å². The van der Waals surface area contributed by atoms with E-state index in [0.717, 1.165) is 21.2 Å². The van der Waals surface area contributed by atoms with Crippen molar-refractivity contribution < 1.29 is 4.52 Å². The molecule has 0 radical (unpaired) electrons. The summed E-state index contributed by atoms with van der Waals surface area (Å²) >= 11 is 3.52. The van der Waals surface area contributed by atoms with Gasteiger partial charge in [0.25, 0.3) is 0 Å². The van der Waals surface area contributed by atoms with Crippen LogP contribution in [-0.2, 0) is 0 Å². The van der Waals surface area contributed by atoms with Crippen LogP contribution in [0.5, 0.6) is 0 Å². The molecule has 1 heterocycles. The summed E-state index contributed by atoms with van der Waals surface area (Å²) in [5, 5.41) is 3.89. The zero-order chi connectivity index (χ0) is 13.2. The summed E-state index contributed by atoms with van der Waals surface area (Å²) in [7, 11) is 0. The van der Waals surface area contributed by atoms with Crippen molar-refractivity contribution in [3.8, 4) is 22.5 Å². The normalized spacial score (nSPS) is 10.6. The van der Waals surface area contributed by atoms with Crippen molar-refractivity contribution in [2.24, 2.45) is 0 Å². The van der Waals surface area contributed by atoms with Crippen molar-refractivity contribution in [2.45, 2.75) is 0 Å². The van der Waals surface area contributed by atoms with E-state index in [9.17, 15) is 0 Å². The monoisotopic (exact) mass is 314 g/mol. The van der Waals surface area contributed by atoms with Gasteiger partial charge in [-0.25, -0.2) is 0 Å². The molecule has 0 fully saturated rings. The molecule has 4 heteroatoms. The van der Waals surface area contributed by atoms with Crippen molar-refractivity contribution >= 4 is 21.7 Å². The zero-order valence-corrected chi connectivity index (χ0v) is 11.6. The van der Waals surface area contributed by atoms with Crippen LogP contribution in [0.15, 0.2) is 63.6 Å². The topological polar surface area (TPSA) is 52.0 Å². The maximum atomic E-state index is 5.94. The van der Waals surface area contributed by atoms with E-state index < -0.39 is 0 Å². The number of halogens is 1. The minimum absolute atomic E-state index is 0.400. The van der Waals surface area contributed by atoms with Crippen LogP contribution in [0.25, 0.3) is 22.5 Å². The first-order valence-electron chi connectivity index (χ1n) is 5.83. The minimum atomic E-state index is 0.400. The van der Waals surface area contributed by atoms with Gasteiger partial charge < -0.3 is 10.3 Å². The Morgan fingerprint density at radius 3 is 2.37 bits per heavy atom. The Morgan fingerprint density at radius 1 is 0.947 bits per heavy atom. The Bertz CT molecular complexity index is 707. The summed E-state index contributed by atoms with van der Waals surface area (Å²) in [4.78, 5) is 0. The predicted octanol–water partition coefficient (Wildman–Crippen LogP) is 4.35. The fourth-order valence-electron chi connectivity index (χ4n) is 2.02. The molecule has 3 nitrogen and oxygen atoms in total. The second-order valence-electron chi connectivity index (χ2n) is 4.12. The van der Waals surface area contributed by atoms with Crippen LogP contribution >= 0.6 is 15.9 Å². The molecule has 0 aliphatic rings. The number of hydrogen-bond acceptors (Lipinski definition) is 3. The van der Waals surface area contributed by atoms with Gasteiger partial charge >= 0.3 is 0 Å². The van der Waals surface area contributed by atoms with Gasteiger partial charge in [-0.3, -0.25) is 0 Å². The van der Waals surface area contributed by atoms with E-state index in [-0.39, 0.29) is 0 Å². The quantitative estimate of drug-likeness (QED) is 0.765. The van der Waals surface area contributed by atoms with Gasteiger partial charge in [0.2, 0.25) is 0 Å². The van der Waals surface area contributed by atoms with Crippen LogP contribution in [0, 0.1) is 0 Å². The van der Waals surface area contributed by atoms with Crippen LogP contribution in [0.1, 0.15) is 0 Å². The summed E-state index contributed by atoms with van der Waals surface area (Å²) in [5.74, 6) is 1.08. The molecule has 19 heavy (non-hydrogen) atoms. The standard InChI is InChI=1S/C15H11BrN2O/c16-12-9-5-4-8-11(12)14-13(15(17)18-19-14)10-6-2-1-3-7-10/h1-9H,(H2,17,18). The molecule has 0 bridgehead atoms. The summed E-state index contributed by atoms with van der Waals surface area (Å²) in [6.07, 6.45) is 0. The molecule has 0 atom stereocenters. The third-order valence-electron chi connectivity index (χ3n) is 2.90. The number of benzene rings is 2. The van der Waals surface area contributed by atoms with Crippen LogP contribution in [0.4, 0.5) is 5.82 Å². The number of rotatable bonds is 2. The molecule has 0 aliphatic carbocycles. The van der Waals surface area contributed by atoms with Gasteiger partial charge in [-0.05, 0) is 17.7 Å². The number of nitrogen functional groups attached to an aromatic ring is 1. The average molecular weight is 315 g/mol. The number of anilines is 1. The summed E-state index contributed by atoms with van der Waals surface area (Å²) < 4.78 is 6.36. The lowest BCUT2D eigenvalue weighted by Gasteiger charge is -2.04. The number of nitrogens with two attached hydrogens (primary N) is 1. The second-order valence-corrected chi connectivity index (χ2v) is 4.97. The average Bonchev–Trinajstić information content (AvgIpc) is 2.82. The number of aromatic nitrogens is 1. The first-order chi connectivity index (χ1) is 9.27. The molecular weight excluding hydrogens is 304 g/mol. The Hall–Kier alpha value is -2.07. The molecule has 1 aromatic heterocycles. The molecule has 2 N–H and O–H groups in total. The molecule has 2 aromatic carbocycles. The van der Waals surface area contributed by atoms with E-state index in [0.29, 0.717) is 11.6 Å². The second kappa shape index (κ2) is 4.90. The molecule has 0 saturated carbocycles. The highest BCUT2D eigenvalue weighted by molar-refractivity contribution is 9.10. The Balaban J connectivity index is 2.23. The van der Waals surface area contributed by atoms with E-state index >= 15 is 0 Å². The number of nitrogens with zero attached hydrogens (tertiary/aromatic N) is 1. The van der Waals surface area contributed by atoms with Crippen molar-refractivity contribution in [2.75, 3.05) is 5.73 Å². The SMILES string of the molecule is Nc1noc(-c2ccccc2Br)c1-c1ccccc1. The number of hydrogen-bond donors (Lipinski definition) is 1. The fraction of sp³-hybridized carbons (Fsp3) is 0. The van der Waals surface area contributed by atoms with Gasteiger partial charge in [0.1, 0.15) is 0 Å². The van der Waals surface area contributed by atoms with E-state index in [1.165, 1.54) is 0 Å². The van der Waals surface area contributed by atoms with E-state index in [1.54, 1.807) is 0 Å². The van der Waals surface area contributed by atoms with Crippen LogP contribution in [0.3, 0.4) is 0 Å². The highest BCUT2D eigenvalue weighted by atomic mass is 79.9. The first kappa shape index (κ1) is 12.0. The van der Waals surface area contributed by atoms with Gasteiger partial charge in [0, 0.05) is 10.0 Å². The van der Waals surface area contributed by atoms with Crippen molar-refractivity contribution in [1.82, 2.24) is 5.16 Å². The lowest BCUT2D eigenvalue weighted by molar-refractivity contribution is 0.436. The highest BCUT2D eigenvalue weighted by Gasteiger charge is 2.18. The molecule has 0 unspecified atom stereocenters. The molecule has 94 valence electrons. The van der Waals surface area contributed by atoms with Gasteiger partial charge in [-0.2, -0.15) is 0 Å². The largest absolute Gasteiger partial charge is 0.380 e. The van der Waals surface area contributed by atoms with Gasteiger partial charge in [0.15, 0.2) is 11.6 Å². The van der Waals surface area contributed by atoms with E-state index in [1.807, 2.05) is 54.6 Å². The predicted molar refractivity (Wildman–Crippen MR) is 79.5 cm³/mol. The van der Waals surface area contributed by atoms with Crippen LogP contribution in [-0.4, -0.2) is 5.16 Å². The molecule has 3 aromatic rings. The Labute approximate surface area is 119 Å². The van der Waals surface area contributed by atoms with Crippen molar-refractivity contribution in [3.05, 3.63) is 59.1 Å². The maximum Gasteiger partial charge on any atom is 0.178 e. The smallest absolute Gasteiger partial charge is 0.178 e. The Kier molecular flexibility index (Phi) is 3.09. The highest BCUT2D eigenvalue weighted by Crippen LogP contribution is 2.39. The zero-order valence-electron chi connectivity index (χ0n) is 10.0. The molecular formula is C15H11BrN2O. The van der Waals surface area contributed by atoms with Crippen molar-refractivity contribution in [1.29, 1.82) is 0 Å². The maximum absolute atomic E-state index is 5.94. The third-order valence-corrected chi connectivity index (χ3v) is 3.59. The molecule has 0 saturated heterocycles. The molecule has 0 amide bonds. The van der Waals surface area contributed by atoms with Crippen molar-refractivity contribution in [3.63, 3.8) is 0 Å². The first-order valence-corrected chi connectivity index (χ1v) is 6.62. The molecule has 3 rings (SSSR count). The fourth-order valence-corrected chi connectivity index (χ4v) is 2.48. The van der Waals surface area contributed by atoms with E-state index in [4.69, 9.17) is 10.3 Å². The van der Waals surface area contributed by atoms with Crippen LogP contribution < -0.4 is 5.73 Å². The summed E-state index contributed by atoms with van der Waals surface area (Å²) in [6, 6.07) is 17.7. The third kappa shape index (κ3) is 2.15. The van der Waals surface area contributed by atoms with E-state index in [2.05, 4.69) is 21.1 Å². The van der Waals surface area contributed by atoms with Crippen LogP contribution in [0.2, 0.25) is 0 Å². The summed E-state index contributed by atoms with van der Waals surface area (Å²) in [6.45, 7) is 0. The molecule has 0 spiro atoms. The Morgan fingerprint density at radius 2 is 1.63 bits per heavy atom. The lowest BCUT2D eigenvalue weighted by atomic mass is 10.0. The lowest BCUT2D eigenvalue weighted by Crippen LogP contribution is -1.88. The molecule has 0 aliphatic heterocycles. The summed E-state index contributed by atoms with van der Waals surface area (Å²) in [5.41, 5.74) is 8.70. The van der Waals surface area contributed by atoms with Gasteiger partial charge in [-0.15, -0.1) is 0 Å².